The average molecular weight is 524 g/mol. The molecule has 0 bridgehead atoms. The number of hydrogen-bond acceptors (Lipinski definition) is 9. The first kappa shape index (κ1) is 25.2. The van der Waals surface area contributed by atoms with E-state index in [2.05, 4.69) is 19.9 Å². The van der Waals surface area contributed by atoms with Crippen LogP contribution in [0.5, 0.6) is 29.1 Å². The number of amides is 1. The molecule has 1 amide bonds. The maximum absolute atomic E-state index is 11.5. The molecule has 1 aliphatic rings. The number of aromatic hydroxyl groups is 1. The molecule has 0 aliphatic carbocycles. The summed E-state index contributed by atoms with van der Waals surface area (Å²) >= 11 is 0. The molecule has 6 N–H and O–H groups in total. The summed E-state index contributed by atoms with van der Waals surface area (Å²) in [6.07, 6.45) is 0. The van der Waals surface area contributed by atoms with Gasteiger partial charge >= 0.3 is 6.01 Å². The fourth-order valence-electron chi connectivity index (χ4n) is 3.98. The molecule has 0 saturated carbocycles. The number of carbonyl (C=O) groups is 1. The van der Waals surface area contributed by atoms with Crippen LogP contribution in [0.2, 0.25) is 0 Å². The van der Waals surface area contributed by atoms with Crippen LogP contribution in [-0.4, -0.2) is 57.7 Å². The Morgan fingerprint density at radius 2 is 1.72 bits per heavy atom. The first-order valence-electron chi connectivity index (χ1n) is 12.0. The summed E-state index contributed by atoms with van der Waals surface area (Å²) in [5.74, 6) is 0.587. The summed E-state index contributed by atoms with van der Waals surface area (Å²) in [6, 6.07) is 19.9. The zero-order valence-electron chi connectivity index (χ0n) is 21.0. The number of rotatable bonds is 8. The number of nitrogen functional groups attached to an aromatic ring is 1. The van der Waals surface area contributed by atoms with E-state index in [0.717, 1.165) is 24.5 Å². The van der Waals surface area contributed by atoms with Gasteiger partial charge < -0.3 is 30.9 Å². The predicted octanol–water partition coefficient (Wildman–Crippen LogP) is 3.51. The van der Waals surface area contributed by atoms with Crippen molar-refractivity contribution in [3.63, 3.8) is 0 Å². The van der Waals surface area contributed by atoms with Crippen molar-refractivity contribution in [2.45, 2.75) is 0 Å². The Hall–Kier alpha value is -5.45. The summed E-state index contributed by atoms with van der Waals surface area (Å²) in [5.41, 5.74) is 13.7. The monoisotopic (exact) mass is 523 g/mol. The molecule has 0 fully saturated rings. The zero-order valence-corrected chi connectivity index (χ0v) is 21.0. The second kappa shape index (κ2) is 10.5. The van der Waals surface area contributed by atoms with Gasteiger partial charge in [-0.1, -0.05) is 24.3 Å². The van der Waals surface area contributed by atoms with Crippen molar-refractivity contribution in [1.29, 1.82) is 5.41 Å². The van der Waals surface area contributed by atoms with Gasteiger partial charge in [-0.15, -0.1) is 0 Å². The van der Waals surface area contributed by atoms with Gasteiger partial charge in [-0.3, -0.25) is 15.2 Å². The van der Waals surface area contributed by atoms with E-state index < -0.39 is 5.91 Å². The number of hydrogen-bond donors (Lipinski definition) is 4. The zero-order chi connectivity index (χ0) is 27.5. The molecule has 196 valence electrons. The van der Waals surface area contributed by atoms with Crippen LogP contribution in [0, 0.1) is 5.41 Å². The largest absolute Gasteiger partial charge is 0.504 e. The molecule has 5 rings (SSSR count). The number of carbonyl (C=O) groups excluding carboxylic acids is 1. The minimum absolute atomic E-state index is 0.0115. The van der Waals surface area contributed by atoms with Gasteiger partial charge in [0.15, 0.2) is 11.5 Å². The lowest BCUT2D eigenvalue weighted by atomic mass is 10.1. The van der Waals surface area contributed by atoms with Gasteiger partial charge in [-0.25, -0.2) is 0 Å². The van der Waals surface area contributed by atoms with Crippen LogP contribution in [-0.2, 0) is 0 Å². The van der Waals surface area contributed by atoms with Gasteiger partial charge in [0.1, 0.15) is 17.4 Å². The number of benzene rings is 3. The van der Waals surface area contributed by atoms with Crippen molar-refractivity contribution in [3.05, 3.63) is 89.5 Å². The lowest BCUT2D eigenvalue weighted by Gasteiger charge is -2.15. The molecule has 0 saturated heterocycles. The number of aromatic nitrogens is 2. The molecule has 2 heterocycles. The first-order valence-corrected chi connectivity index (χ1v) is 12.0. The standard InChI is InChI=1S/C28H25N7O4/c1-35-12-11-32-27(35)19-3-2-4-20(13-19)38-28-33-21(16-5-7-17(8-6-16)26(31)37)15-24(34-28)39-23-14-18(25(29)30)9-10-22(23)36/h2-10,13-15,36H,11-12H2,1H3,(H3,29,30)(H2,31,37). The minimum Gasteiger partial charge on any atom is -0.504 e. The minimum atomic E-state index is -0.546. The summed E-state index contributed by atoms with van der Waals surface area (Å²) in [6.45, 7) is 1.58. The molecule has 1 aromatic heterocycles. The van der Waals surface area contributed by atoms with Crippen LogP contribution in [0.1, 0.15) is 21.5 Å². The quantitative estimate of drug-likeness (QED) is 0.200. The van der Waals surface area contributed by atoms with E-state index in [4.69, 9.17) is 26.4 Å². The molecular weight excluding hydrogens is 498 g/mol. The van der Waals surface area contributed by atoms with Gasteiger partial charge in [-0.05, 0) is 42.5 Å². The molecule has 0 atom stereocenters. The van der Waals surface area contributed by atoms with Crippen molar-refractivity contribution in [2.75, 3.05) is 20.1 Å². The van der Waals surface area contributed by atoms with Crippen LogP contribution < -0.4 is 20.9 Å². The Bertz CT molecular complexity index is 1600. The smallest absolute Gasteiger partial charge is 0.325 e. The summed E-state index contributed by atoms with van der Waals surface area (Å²) in [4.78, 5) is 27.1. The highest BCUT2D eigenvalue weighted by Gasteiger charge is 2.17. The Morgan fingerprint density at radius 3 is 2.41 bits per heavy atom. The molecule has 39 heavy (non-hydrogen) atoms. The number of nitrogens with one attached hydrogen (secondary N) is 1. The third kappa shape index (κ3) is 5.62. The highest BCUT2D eigenvalue weighted by molar-refractivity contribution is 6.00. The average Bonchev–Trinajstić information content (AvgIpc) is 3.35. The number of phenolic OH excluding ortho intramolecular Hbond substituents is 1. The lowest BCUT2D eigenvalue weighted by Crippen LogP contribution is -2.23. The van der Waals surface area contributed by atoms with Gasteiger partial charge in [-0.2, -0.15) is 9.97 Å². The van der Waals surface area contributed by atoms with Gasteiger partial charge in [0.2, 0.25) is 11.8 Å². The SMILES string of the molecule is CN1CCN=C1c1cccc(Oc2nc(Oc3cc(C(=N)N)ccc3O)cc(-c3ccc(C(N)=O)cc3)n2)c1. The van der Waals surface area contributed by atoms with Crippen molar-refractivity contribution in [1.82, 2.24) is 14.9 Å². The van der Waals surface area contributed by atoms with E-state index in [1.54, 1.807) is 36.4 Å². The van der Waals surface area contributed by atoms with Gasteiger partial charge in [0, 0.05) is 41.9 Å². The maximum atomic E-state index is 11.5. The highest BCUT2D eigenvalue weighted by Crippen LogP contribution is 2.34. The number of ether oxygens (including phenoxy) is 2. The highest BCUT2D eigenvalue weighted by atomic mass is 16.5. The molecule has 4 aromatic rings. The van der Waals surface area contributed by atoms with Crippen LogP contribution in [0.15, 0.2) is 77.8 Å². The summed E-state index contributed by atoms with van der Waals surface area (Å²) < 4.78 is 11.9. The molecule has 3 aromatic carbocycles. The maximum Gasteiger partial charge on any atom is 0.325 e. The number of amidine groups is 2. The number of nitrogens with zero attached hydrogens (tertiary/aromatic N) is 4. The van der Waals surface area contributed by atoms with Crippen LogP contribution in [0.4, 0.5) is 0 Å². The van der Waals surface area contributed by atoms with Crippen molar-refractivity contribution in [3.8, 4) is 40.4 Å². The molecule has 0 unspecified atom stereocenters. The molecule has 1 aliphatic heterocycles. The molecule has 0 spiro atoms. The Balaban J connectivity index is 1.53. The number of aliphatic imine (C=N–C) groups is 1. The topological polar surface area (TPSA) is 173 Å². The number of phenols is 1. The third-order valence-corrected chi connectivity index (χ3v) is 5.99. The first-order chi connectivity index (χ1) is 18.8. The fraction of sp³-hybridized carbons (Fsp3) is 0.107. The van der Waals surface area contributed by atoms with Gasteiger partial charge in [0.05, 0.1) is 12.2 Å². The van der Waals surface area contributed by atoms with E-state index in [9.17, 15) is 9.90 Å². The van der Waals surface area contributed by atoms with Crippen molar-refractivity contribution >= 4 is 17.6 Å². The Morgan fingerprint density at radius 1 is 0.949 bits per heavy atom. The van der Waals surface area contributed by atoms with E-state index in [1.807, 2.05) is 25.2 Å². The molecule has 0 radical (unpaired) electrons. The lowest BCUT2D eigenvalue weighted by molar-refractivity contribution is 0.100. The second-order valence-electron chi connectivity index (χ2n) is 8.77. The van der Waals surface area contributed by atoms with E-state index in [1.165, 1.54) is 18.2 Å². The van der Waals surface area contributed by atoms with Crippen LogP contribution in [0.25, 0.3) is 11.3 Å². The summed E-state index contributed by atoms with van der Waals surface area (Å²) in [5, 5.41) is 18.0. The van der Waals surface area contributed by atoms with Gasteiger partial charge in [0.25, 0.3) is 0 Å². The van der Waals surface area contributed by atoms with Crippen LogP contribution >= 0.6 is 0 Å². The molecular formula is C28H25N7O4. The fourth-order valence-corrected chi connectivity index (χ4v) is 3.98. The Kier molecular flexibility index (Phi) is 6.79. The van der Waals surface area contributed by atoms with E-state index in [0.29, 0.717) is 28.1 Å². The van der Waals surface area contributed by atoms with Crippen LogP contribution in [0.3, 0.4) is 0 Å². The molecule has 11 nitrogen and oxygen atoms in total. The normalized spacial score (nSPS) is 12.6. The summed E-state index contributed by atoms with van der Waals surface area (Å²) in [7, 11) is 1.98. The predicted molar refractivity (Wildman–Crippen MR) is 146 cm³/mol. The Labute approximate surface area is 223 Å². The third-order valence-electron chi connectivity index (χ3n) is 5.99. The van der Waals surface area contributed by atoms with Crippen molar-refractivity contribution in [2.24, 2.45) is 16.5 Å². The molecule has 11 heteroatoms. The second-order valence-corrected chi connectivity index (χ2v) is 8.77. The van der Waals surface area contributed by atoms with Crippen molar-refractivity contribution < 1.29 is 19.4 Å². The van der Waals surface area contributed by atoms with E-state index in [-0.39, 0.29) is 29.2 Å². The number of likely N-dealkylation sites (N-methyl/N-ethyl adjacent to an activating group) is 1. The number of nitrogens with two attached hydrogens (primary N) is 2. The number of primary amides is 1. The van der Waals surface area contributed by atoms with E-state index >= 15 is 0 Å².